The van der Waals surface area contributed by atoms with Crippen LogP contribution in [0, 0.1) is 11.6 Å². The second kappa shape index (κ2) is 14.0. The molecule has 2 fully saturated rings. The maximum atomic E-state index is 14.7. The Balaban J connectivity index is 1.26. The molecule has 1 aromatic heterocycles. The van der Waals surface area contributed by atoms with Gasteiger partial charge in [0.25, 0.3) is 0 Å². The fraction of sp³-hybridized carbons (Fsp3) is 0.265. The molecule has 244 valence electrons. The summed E-state index contributed by atoms with van der Waals surface area (Å²) in [5.74, 6) is 0.242. The van der Waals surface area contributed by atoms with Crippen molar-refractivity contribution in [3.8, 4) is 17.2 Å². The van der Waals surface area contributed by atoms with Gasteiger partial charge in [0.1, 0.15) is 29.5 Å². The lowest BCUT2D eigenvalue weighted by molar-refractivity contribution is -0.111. The molecule has 1 unspecified atom stereocenters. The molecular formula is C34H35F2N7O4. The van der Waals surface area contributed by atoms with Crippen molar-refractivity contribution in [1.29, 1.82) is 0 Å². The summed E-state index contributed by atoms with van der Waals surface area (Å²) in [7, 11) is 3.66. The molecule has 0 radical (unpaired) electrons. The van der Waals surface area contributed by atoms with E-state index in [0.29, 0.717) is 41.8 Å². The van der Waals surface area contributed by atoms with Gasteiger partial charge in [-0.05, 0) is 49.0 Å². The zero-order chi connectivity index (χ0) is 32.9. The van der Waals surface area contributed by atoms with Gasteiger partial charge in [0.05, 0.1) is 36.8 Å². The fourth-order valence-electron chi connectivity index (χ4n) is 5.56. The van der Waals surface area contributed by atoms with Gasteiger partial charge in [-0.15, -0.1) is 0 Å². The predicted octanol–water partition coefficient (Wildman–Crippen LogP) is 6.06. The standard InChI is InChI=1S/C34H35F2N7O4/c1-4-34(44)40-26-18-27(31(45-3)19-29(26)42-13-11-41(2)12-14-42)39-32-20-33(38-21-37-32)43-28(10-15-46-43)22-8-9-25(36)30(16-22)47-24-7-5-6-23(35)17-24/h4-9,16-21,28H,1,10-15H2,2-3H3,(H,40,44)(H,37,38,39). The van der Waals surface area contributed by atoms with Gasteiger partial charge in [-0.1, -0.05) is 18.7 Å². The lowest BCUT2D eigenvalue weighted by atomic mass is 10.0. The summed E-state index contributed by atoms with van der Waals surface area (Å²) in [4.78, 5) is 31.7. The quantitative estimate of drug-likeness (QED) is 0.198. The largest absolute Gasteiger partial charge is 0.494 e. The molecule has 3 heterocycles. The highest BCUT2D eigenvalue weighted by molar-refractivity contribution is 6.02. The van der Waals surface area contributed by atoms with Crippen molar-refractivity contribution < 1.29 is 27.9 Å². The molecule has 3 aromatic carbocycles. The Bertz CT molecular complexity index is 1770. The molecule has 2 saturated heterocycles. The predicted molar refractivity (Wildman–Crippen MR) is 176 cm³/mol. The van der Waals surface area contributed by atoms with E-state index in [2.05, 4.69) is 44.0 Å². The van der Waals surface area contributed by atoms with E-state index in [-0.39, 0.29) is 23.4 Å². The van der Waals surface area contributed by atoms with Gasteiger partial charge in [0.2, 0.25) is 5.91 Å². The minimum absolute atomic E-state index is 0.0311. The summed E-state index contributed by atoms with van der Waals surface area (Å²) in [5, 5.41) is 7.87. The van der Waals surface area contributed by atoms with Crippen LogP contribution < -0.4 is 30.1 Å². The van der Waals surface area contributed by atoms with Crippen molar-refractivity contribution in [3.63, 3.8) is 0 Å². The van der Waals surface area contributed by atoms with Crippen LogP contribution in [0.15, 0.2) is 79.6 Å². The zero-order valence-corrected chi connectivity index (χ0v) is 26.1. The number of hydrogen-bond acceptors (Lipinski definition) is 10. The maximum Gasteiger partial charge on any atom is 0.247 e. The van der Waals surface area contributed by atoms with Crippen LogP contribution in [0.25, 0.3) is 0 Å². The van der Waals surface area contributed by atoms with Crippen LogP contribution in [0.2, 0.25) is 0 Å². The number of nitrogens with zero attached hydrogens (tertiary/aromatic N) is 5. The summed E-state index contributed by atoms with van der Waals surface area (Å²) in [6.45, 7) is 7.36. The minimum Gasteiger partial charge on any atom is -0.494 e. The number of methoxy groups -OCH3 is 1. The average Bonchev–Trinajstić information content (AvgIpc) is 3.57. The number of hydroxylamine groups is 1. The normalized spacial score (nSPS) is 16.6. The first kappa shape index (κ1) is 31.7. The molecule has 0 bridgehead atoms. The van der Waals surface area contributed by atoms with Gasteiger partial charge in [-0.25, -0.2) is 23.8 Å². The molecule has 2 aliphatic rings. The third-order valence-corrected chi connectivity index (χ3v) is 8.01. The number of rotatable bonds is 10. The van der Waals surface area contributed by atoms with Crippen LogP contribution in [0.4, 0.5) is 37.5 Å². The van der Waals surface area contributed by atoms with Crippen molar-refractivity contribution in [2.45, 2.75) is 12.5 Å². The van der Waals surface area contributed by atoms with E-state index < -0.39 is 11.6 Å². The van der Waals surface area contributed by atoms with Gasteiger partial charge < -0.3 is 29.9 Å². The molecule has 1 atom stereocenters. The van der Waals surface area contributed by atoms with Crippen LogP contribution >= 0.6 is 0 Å². The van der Waals surface area contributed by atoms with Crippen LogP contribution in [-0.2, 0) is 9.63 Å². The van der Waals surface area contributed by atoms with Gasteiger partial charge in [-0.3, -0.25) is 9.63 Å². The Morgan fingerprint density at radius 2 is 1.85 bits per heavy atom. The third-order valence-electron chi connectivity index (χ3n) is 8.01. The number of likely N-dealkylation sites (N-methyl/N-ethyl adjacent to an activating group) is 1. The SMILES string of the molecule is C=CC(=O)Nc1cc(Nc2cc(N3OCCC3c3ccc(F)c(Oc4cccc(F)c4)c3)ncn2)c(OC)cc1N1CCN(C)CC1. The van der Waals surface area contributed by atoms with Crippen LogP contribution in [0.3, 0.4) is 0 Å². The molecule has 6 rings (SSSR count). The topological polar surface area (TPSA) is 104 Å². The van der Waals surface area contributed by atoms with Crippen molar-refractivity contribution in [3.05, 3.63) is 96.8 Å². The van der Waals surface area contributed by atoms with Crippen LogP contribution in [0.5, 0.6) is 17.2 Å². The second-order valence-electron chi connectivity index (χ2n) is 11.2. The molecule has 2 aliphatic heterocycles. The van der Waals surface area contributed by atoms with Gasteiger partial charge in [-0.2, -0.15) is 0 Å². The Morgan fingerprint density at radius 1 is 1.02 bits per heavy atom. The number of anilines is 5. The van der Waals surface area contributed by atoms with Gasteiger partial charge in [0, 0.05) is 50.8 Å². The highest BCUT2D eigenvalue weighted by Gasteiger charge is 2.30. The lowest BCUT2D eigenvalue weighted by Crippen LogP contribution is -2.44. The smallest absolute Gasteiger partial charge is 0.247 e. The van der Waals surface area contributed by atoms with Crippen molar-refractivity contribution in [2.24, 2.45) is 0 Å². The zero-order valence-electron chi connectivity index (χ0n) is 26.1. The molecule has 0 saturated carbocycles. The molecule has 0 aliphatic carbocycles. The first-order valence-electron chi connectivity index (χ1n) is 15.1. The van der Waals surface area contributed by atoms with E-state index in [0.717, 1.165) is 37.4 Å². The van der Waals surface area contributed by atoms with Crippen molar-refractivity contribution in [2.75, 3.05) is 67.5 Å². The Hall–Kier alpha value is -5.27. The summed E-state index contributed by atoms with van der Waals surface area (Å²) < 4.78 is 39.8. The summed E-state index contributed by atoms with van der Waals surface area (Å²) in [6, 6.07) is 15.2. The molecule has 13 heteroatoms. The minimum atomic E-state index is -0.576. The number of nitrogens with one attached hydrogen (secondary N) is 2. The van der Waals surface area contributed by atoms with Crippen LogP contribution in [-0.4, -0.2) is 67.7 Å². The molecule has 1 amide bonds. The second-order valence-corrected chi connectivity index (χ2v) is 11.2. The first-order chi connectivity index (χ1) is 22.8. The van der Waals surface area contributed by atoms with Crippen molar-refractivity contribution >= 4 is 34.6 Å². The number of benzene rings is 3. The maximum absolute atomic E-state index is 14.7. The van der Waals surface area contributed by atoms with E-state index in [1.807, 2.05) is 12.1 Å². The third kappa shape index (κ3) is 7.26. The molecule has 4 aromatic rings. The Morgan fingerprint density at radius 3 is 2.62 bits per heavy atom. The summed E-state index contributed by atoms with van der Waals surface area (Å²) in [5.41, 5.74) is 2.75. The number of hydrogen-bond donors (Lipinski definition) is 2. The average molecular weight is 644 g/mol. The van der Waals surface area contributed by atoms with E-state index in [1.165, 1.54) is 36.7 Å². The Labute approximate surface area is 271 Å². The van der Waals surface area contributed by atoms with E-state index in [1.54, 1.807) is 36.4 Å². The van der Waals surface area contributed by atoms with E-state index in [9.17, 15) is 13.6 Å². The highest BCUT2D eigenvalue weighted by Crippen LogP contribution is 2.40. The number of carbonyl (C=O) groups excluding carboxylic acids is 1. The highest BCUT2D eigenvalue weighted by atomic mass is 19.1. The van der Waals surface area contributed by atoms with Gasteiger partial charge >= 0.3 is 0 Å². The summed E-state index contributed by atoms with van der Waals surface area (Å²) >= 11 is 0. The molecule has 2 N–H and O–H groups in total. The fourth-order valence-corrected chi connectivity index (χ4v) is 5.56. The molecule has 47 heavy (non-hydrogen) atoms. The molecular weight excluding hydrogens is 608 g/mol. The first-order valence-corrected chi connectivity index (χ1v) is 15.1. The number of amides is 1. The lowest BCUT2D eigenvalue weighted by Gasteiger charge is -2.35. The van der Waals surface area contributed by atoms with Crippen LogP contribution in [0.1, 0.15) is 18.0 Å². The Kier molecular flexibility index (Phi) is 9.45. The van der Waals surface area contributed by atoms with Gasteiger partial charge in [0.15, 0.2) is 17.4 Å². The number of halogens is 2. The van der Waals surface area contributed by atoms with E-state index >= 15 is 0 Å². The van der Waals surface area contributed by atoms with Crippen molar-refractivity contribution in [1.82, 2.24) is 14.9 Å². The number of ether oxygens (including phenoxy) is 2. The summed E-state index contributed by atoms with van der Waals surface area (Å²) in [6.07, 6.45) is 3.24. The molecule has 11 nitrogen and oxygen atoms in total. The number of aromatic nitrogens is 2. The molecule has 0 spiro atoms. The monoisotopic (exact) mass is 643 g/mol. The number of carbonyl (C=O) groups is 1. The number of piperazine rings is 1. The van der Waals surface area contributed by atoms with E-state index in [4.69, 9.17) is 14.3 Å².